The van der Waals surface area contributed by atoms with Gasteiger partial charge in [0.05, 0.1) is 0 Å². The Morgan fingerprint density at radius 2 is 1.94 bits per heavy atom. The topological polar surface area (TPSA) is 38.9 Å². The summed E-state index contributed by atoms with van der Waals surface area (Å²) >= 11 is 0. The SMILES string of the molecule is CCc1cc(N)ncc1-c1ccccc1C. The number of nitrogen functional groups attached to an aromatic ring is 1. The lowest BCUT2D eigenvalue weighted by molar-refractivity contribution is 1.12. The molecule has 0 aliphatic rings. The summed E-state index contributed by atoms with van der Waals surface area (Å²) in [7, 11) is 0. The average Bonchev–Trinajstić information content (AvgIpc) is 2.30. The number of pyridine rings is 1. The van der Waals surface area contributed by atoms with Crippen LogP contribution in [-0.4, -0.2) is 4.98 Å². The van der Waals surface area contributed by atoms with Crippen molar-refractivity contribution in [3.63, 3.8) is 0 Å². The standard InChI is InChI=1S/C14H16N2/c1-3-11-8-14(15)16-9-13(11)12-7-5-4-6-10(12)2/h4-9H,3H2,1-2H3,(H2,15,16). The van der Waals surface area contributed by atoms with E-state index in [0.717, 1.165) is 6.42 Å². The Labute approximate surface area is 96.1 Å². The summed E-state index contributed by atoms with van der Waals surface area (Å²) in [6, 6.07) is 10.3. The predicted molar refractivity (Wildman–Crippen MR) is 68.2 cm³/mol. The third-order valence-electron chi connectivity index (χ3n) is 2.83. The highest BCUT2D eigenvalue weighted by Crippen LogP contribution is 2.27. The third kappa shape index (κ3) is 1.91. The van der Waals surface area contributed by atoms with Crippen LogP contribution in [0.5, 0.6) is 0 Å². The number of benzene rings is 1. The summed E-state index contributed by atoms with van der Waals surface area (Å²) < 4.78 is 0. The molecule has 82 valence electrons. The van der Waals surface area contributed by atoms with Crippen molar-refractivity contribution in [1.29, 1.82) is 0 Å². The van der Waals surface area contributed by atoms with Gasteiger partial charge in [-0.3, -0.25) is 0 Å². The van der Waals surface area contributed by atoms with Crippen LogP contribution < -0.4 is 5.73 Å². The Kier molecular flexibility index (Phi) is 2.91. The van der Waals surface area contributed by atoms with E-state index >= 15 is 0 Å². The van der Waals surface area contributed by atoms with Gasteiger partial charge in [0, 0.05) is 11.8 Å². The normalized spacial score (nSPS) is 10.4. The van der Waals surface area contributed by atoms with Crippen LogP contribution in [0.15, 0.2) is 36.5 Å². The molecule has 0 unspecified atom stereocenters. The van der Waals surface area contributed by atoms with Crippen LogP contribution in [0.2, 0.25) is 0 Å². The van der Waals surface area contributed by atoms with Gasteiger partial charge >= 0.3 is 0 Å². The minimum atomic E-state index is 0.592. The van der Waals surface area contributed by atoms with Crippen LogP contribution >= 0.6 is 0 Å². The van der Waals surface area contributed by atoms with E-state index in [4.69, 9.17) is 5.73 Å². The van der Waals surface area contributed by atoms with Crippen molar-refractivity contribution in [1.82, 2.24) is 4.98 Å². The van der Waals surface area contributed by atoms with Gasteiger partial charge in [-0.05, 0) is 36.1 Å². The fraction of sp³-hybridized carbons (Fsp3) is 0.214. The fourth-order valence-electron chi connectivity index (χ4n) is 1.93. The van der Waals surface area contributed by atoms with Crippen LogP contribution in [-0.2, 0) is 6.42 Å². The van der Waals surface area contributed by atoms with Crippen molar-refractivity contribution in [2.45, 2.75) is 20.3 Å². The lowest BCUT2D eigenvalue weighted by Crippen LogP contribution is -1.96. The van der Waals surface area contributed by atoms with Crippen molar-refractivity contribution in [3.05, 3.63) is 47.7 Å². The first-order valence-electron chi connectivity index (χ1n) is 5.52. The van der Waals surface area contributed by atoms with Gasteiger partial charge in [0.2, 0.25) is 0 Å². The molecule has 0 bridgehead atoms. The highest BCUT2D eigenvalue weighted by Gasteiger charge is 2.06. The number of nitrogens with two attached hydrogens (primary N) is 1. The van der Waals surface area contributed by atoms with E-state index < -0.39 is 0 Å². The highest BCUT2D eigenvalue weighted by molar-refractivity contribution is 5.70. The first-order valence-corrected chi connectivity index (χ1v) is 5.52. The van der Waals surface area contributed by atoms with Crippen molar-refractivity contribution in [3.8, 4) is 11.1 Å². The second kappa shape index (κ2) is 4.35. The van der Waals surface area contributed by atoms with E-state index in [0.29, 0.717) is 5.82 Å². The smallest absolute Gasteiger partial charge is 0.123 e. The van der Waals surface area contributed by atoms with E-state index in [1.165, 1.54) is 22.3 Å². The monoisotopic (exact) mass is 212 g/mol. The summed E-state index contributed by atoms with van der Waals surface area (Å²) in [5.74, 6) is 0.592. The number of aryl methyl sites for hydroxylation is 2. The first kappa shape index (κ1) is 10.7. The molecule has 0 spiro atoms. The van der Waals surface area contributed by atoms with Crippen LogP contribution in [0.1, 0.15) is 18.1 Å². The summed E-state index contributed by atoms with van der Waals surface area (Å²) in [5, 5.41) is 0. The first-order chi connectivity index (χ1) is 7.72. The minimum Gasteiger partial charge on any atom is -0.384 e. The molecule has 0 atom stereocenters. The lowest BCUT2D eigenvalue weighted by atomic mass is 9.97. The Morgan fingerprint density at radius 1 is 1.19 bits per heavy atom. The molecule has 0 saturated heterocycles. The molecular formula is C14H16N2. The fourth-order valence-corrected chi connectivity index (χ4v) is 1.93. The number of aromatic nitrogens is 1. The molecule has 0 aliphatic heterocycles. The summed E-state index contributed by atoms with van der Waals surface area (Å²) in [5.41, 5.74) is 10.7. The van der Waals surface area contributed by atoms with Gasteiger partial charge in [-0.25, -0.2) is 4.98 Å². The quantitative estimate of drug-likeness (QED) is 0.830. The Bertz CT molecular complexity index is 504. The zero-order valence-corrected chi connectivity index (χ0v) is 9.70. The van der Waals surface area contributed by atoms with Crippen molar-refractivity contribution in [2.24, 2.45) is 0 Å². The van der Waals surface area contributed by atoms with Gasteiger partial charge < -0.3 is 5.73 Å². The van der Waals surface area contributed by atoms with E-state index in [9.17, 15) is 0 Å². The summed E-state index contributed by atoms with van der Waals surface area (Å²) in [4.78, 5) is 4.18. The molecule has 0 aliphatic carbocycles. The predicted octanol–water partition coefficient (Wildman–Crippen LogP) is 3.20. The molecule has 2 heteroatoms. The molecule has 2 nitrogen and oxygen atoms in total. The molecule has 16 heavy (non-hydrogen) atoms. The zero-order valence-electron chi connectivity index (χ0n) is 9.70. The number of nitrogens with zero attached hydrogens (tertiary/aromatic N) is 1. The van der Waals surface area contributed by atoms with Crippen LogP contribution in [0.25, 0.3) is 11.1 Å². The molecule has 1 aromatic carbocycles. The average molecular weight is 212 g/mol. The molecule has 1 aromatic heterocycles. The van der Waals surface area contributed by atoms with Gasteiger partial charge in [-0.1, -0.05) is 31.2 Å². The second-order valence-electron chi connectivity index (χ2n) is 3.93. The van der Waals surface area contributed by atoms with Gasteiger partial charge in [-0.2, -0.15) is 0 Å². The lowest BCUT2D eigenvalue weighted by Gasteiger charge is -2.10. The maximum Gasteiger partial charge on any atom is 0.123 e. The molecular weight excluding hydrogens is 196 g/mol. The molecule has 0 fully saturated rings. The van der Waals surface area contributed by atoms with Crippen molar-refractivity contribution >= 4 is 5.82 Å². The third-order valence-corrected chi connectivity index (χ3v) is 2.83. The van der Waals surface area contributed by atoms with Crippen LogP contribution in [0, 0.1) is 6.92 Å². The molecule has 0 radical (unpaired) electrons. The Morgan fingerprint density at radius 3 is 2.62 bits per heavy atom. The molecule has 2 aromatic rings. The second-order valence-corrected chi connectivity index (χ2v) is 3.93. The molecule has 1 heterocycles. The minimum absolute atomic E-state index is 0.592. The van der Waals surface area contributed by atoms with Gasteiger partial charge in [-0.15, -0.1) is 0 Å². The Balaban J connectivity index is 2.60. The largest absolute Gasteiger partial charge is 0.384 e. The summed E-state index contributed by atoms with van der Waals surface area (Å²) in [6.45, 7) is 4.25. The number of anilines is 1. The van der Waals surface area contributed by atoms with Gasteiger partial charge in [0.25, 0.3) is 0 Å². The highest BCUT2D eigenvalue weighted by atomic mass is 14.8. The van der Waals surface area contributed by atoms with E-state index in [1.54, 1.807) is 0 Å². The van der Waals surface area contributed by atoms with Crippen LogP contribution in [0.4, 0.5) is 5.82 Å². The van der Waals surface area contributed by atoms with E-state index in [1.807, 2.05) is 12.3 Å². The van der Waals surface area contributed by atoms with Gasteiger partial charge in [0.15, 0.2) is 0 Å². The number of hydrogen-bond donors (Lipinski definition) is 1. The van der Waals surface area contributed by atoms with E-state index in [2.05, 4.69) is 43.1 Å². The zero-order chi connectivity index (χ0) is 11.5. The maximum atomic E-state index is 5.71. The maximum absolute atomic E-state index is 5.71. The Hall–Kier alpha value is -1.83. The van der Waals surface area contributed by atoms with Crippen molar-refractivity contribution < 1.29 is 0 Å². The summed E-state index contributed by atoms with van der Waals surface area (Å²) in [6.07, 6.45) is 2.84. The van der Waals surface area contributed by atoms with Gasteiger partial charge in [0.1, 0.15) is 5.82 Å². The molecule has 0 amide bonds. The van der Waals surface area contributed by atoms with E-state index in [-0.39, 0.29) is 0 Å². The van der Waals surface area contributed by atoms with Crippen LogP contribution in [0.3, 0.4) is 0 Å². The molecule has 0 saturated carbocycles. The molecule has 2 N–H and O–H groups in total. The molecule has 2 rings (SSSR count). The van der Waals surface area contributed by atoms with Crippen molar-refractivity contribution in [2.75, 3.05) is 5.73 Å². The number of hydrogen-bond acceptors (Lipinski definition) is 2. The number of rotatable bonds is 2.